The summed E-state index contributed by atoms with van der Waals surface area (Å²) < 4.78 is 5.66. The van der Waals surface area contributed by atoms with Crippen LogP contribution in [0.15, 0.2) is 53.3 Å². The van der Waals surface area contributed by atoms with E-state index < -0.39 is 10.9 Å². The van der Waals surface area contributed by atoms with E-state index in [4.69, 9.17) is 21.3 Å². The Morgan fingerprint density at radius 2 is 2.16 bits per heavy atom. The minimum absolute atomic E-state index is 0.220. The third kappa shape index (κ3) is 4.21. The first-order chi connectivity index (χ1) is 15.5. The molecule has 2 aliphatic heterocycles. The number of fused-ring (bicyclic) bond motifs is 1. The van der Waals surface area contributed by atoms with Crippen molar-refractivity contribution >= 4 is 28.3 Å². The average Bonchev–Trinajstić information content (AvgIpc) is 3.25. The van der Waals surface area contributed by atoms with Gasteiger partial charge in [-0.05, 0) is 42.7 Å². The Hall–Kier alpha value is -2.22. The summed E-state index contributed by atoms with van der Waals surface area (Å²) in [4.78, 5) is 14.8. The van der Waals surface area contributed by atoms with Crippen molar-refractivity contribution in [2.75, 3.05) is 31.5 Å². The first-order valence-corrected chi connectivity index (χ1v) is 13.1. The van der Waals surface area contributed by atoms with E-state index in [2.05, 4.69) is 52.4 Å². The number of hydrogen-bond acceptors (Lipinski definition) is 6. The first kappa shape index (κ1) is 21.6. The van der Waals surface area contributed by atoms with Gasteiger partial charge in [-0.1, -0.05) is 29.3 Å². The molecule has 0 fully saturated rings. The predicted molar refractivity (Wildman–Crippen MR) is 131 cm³/mol. The van der Waals surface area contributed by atoms with Gasteiger partial charge in [-0.3, -0.25) is 0 Å². The highest BCUT2D eigenvalue weighted by Gasteiger charge is 2.32. The number of ether oxygens (including phenoxy) is 1. The molecular weight excluding hydrogens is 444 g/mol. The van der Waals surface area contributed by atoms with E-state index in [0.29, 0.717) is 11.1 Å². The van der Waals surface area contributed by atoms with Crippen LogP contribution in [0.25, 0.3) is 0 Å². The Morgan fingerprint density at radius 1 is 1.28 bits per heavy atom. The summed E-state index contributed by atoms with van der Waals surface area (Å²) in [6.45, 7) is 0.806. The number of allylic oxidation sites excluding steroid dienone is 1. The minimum atomic E-state index is -0.567. The van der Waals surface area contributed by atoms with Crippen molar-refractivity contribution < 1.29 is 9.84 Å². The zero-order valence-electron chi connectivity index (χ0n) is 18.4. The molecule has 0 saturated heterocycles. The number of aromatic nitrogens is 2. The van der Waals surface area contributed by atoms with E-state index in [0.717, 1.165) is 59.6 Å². The average molecular weight is 473 g/mol. The monoisotopic (exact) mass is 472 g/mol. The molecule has 0 spiro atoms. The summed E-state index contributed by atoms with van der Waals surface area (Å²) in [5.74, 6) is 4.03. The highest BCUT2D eigenvalue weighted by molar-refractivity contribution is 8.16. The van der Waals surface area contributed by atoms with E-state index in [1.54, 1.807) is 13.3 Å². The molecule has 8 heteroatoms. The summed E-state index contributed by atoms with van der Waals surface area (Å²) >= 11 is 6.29. The summed E-state index contributed by atoms with van der Waals surface area (Å²) in [6, 6.07) is 6.38. The van der Waals surface area contributed by atoms with Crippen LogP contribution in [-0.4, -0.2) is 52.7 Å². The van der Waals surface area contributed by atoms with Gasteiger partial charge in [0.05, 0.1) is 31.8 Å². The molecule has 5 rings (SSSR count). The highest BCUT2D eigenvalue weighted by Crippen LogP contribution is 2.54. The number of rotatable bonds is 4. The molecule has 0 bridgehead atoms. The van der Waals surface area contributed by atoms with Gasteiger partial charge in [-0.2, -0.15) is 0 Å². The Morgan fingerprint density at radius 3 is 2.88 bits per heavy atom. The fourth-order valence-corrected chi connectivity index (χ4v) is 7.80. The summed E-state index contributed by atoms with van der Waals surface area (Å²) in [5.41, 5.74) is 3.92. The summed E-state index contributed by atoms with van der Waals surface area (Å²) in [5, 5.41) is 10.5. The van der Waals surface area contributed by atoms with Crippen LogP contribution in [0.3, 0.4) is 0 Å². The van der Waals surface area contributed by atoms with Crippen LogP contribution in [0.4, 0.5) is 5.82 Å². The second-order valence-electron chi connectivity index (χ2n) is 8.69. The van der Waals surface area contributed by atoms with Crippen molar-refractivity contribution in [3.8, 4) is 5.75 Å². The number of pyridine rings is 2. The fraction of sp³-hybridized carbons (Fsp3) is 0.417. The molecule has 0 radical (unpaired) electrons. The first-order valence-electron chi connectivity index (χ1n) is 11.0. The minimum Gasteiger partial charge on any atom is -0.494 e. The highest BCUT2D eigenvalue weighted by atomic mass is 35.5. The lowest BCUT2D eigenvalue weighted by Gasteiger charge is -2.37. The van der Waals surface area contributed by atoms with Gasteiger partial charge in [0.2, 0.25) is 0 Å². The van der Waals surface area contributed by atoms with E-state index >= 15 is 0 Å². The third-order valence-electron chi connectivity index (χ3n) is 6.52. The molecule has 4 heterocycles. The number of aliphatic hydroxyl groups is 1. The van der Waals surface area contributed by atoms with Gasteiger partial charge in [-0.15, -0.1) is 0 Å². The SMILES string of the molecule is COc1cnc(Cl)cc1[SH]1Cc2nc(N3C=CN(C)C3)ccc2C(C2=CCC(O)CC2)C1. The Labute approximate surface area is 196 Å². The molecule has 3 unspecified atom stereocenters. The molecule has 1 aliphatic carbocycles. The lowest BCUT2D eigenvalue weighted by Crippen LogP contribution is -2.25. The van der Waals surface area contributed by atoms with Crippen molar-refractivity contribution in [1.29, 1.82) is 0 Å². The van der Waals surface area contributed by atoms with Gasteiger partial charge in [0, 0.05) is 36.0 Å². The maximum atomic E-state index is 10.0. The van der Waals surface area contributed by atoms with E-state index in [-0.39, 0.29) is 6.10 Å². The van der Waals surface area contributed by atoms with E-state index in [9.17, 15) is 5.11 Å². The predicted octanol–water partition coefficient (Wildman–Crippen LogP) is 4.45. The lowest BCUT2D eigenvalue weighted by atomic mass is 9.84. The molecule has 170 valence electrons. The summed E-state index contributed by atoms with van der Waals surface area (Å²) in [6.07, 6.45) is 10.4. The Kier molecular flexibility index (Phi) is 6.05. The molecule has 0 amide bonds. The van der Waals surface area contributed by atoms with Gasteiger partial charge in [0.1, 0.15) is 16.7 Å². The van der Waals surface area contributed by atoms with Gasteiger partial charge >= 0.3 is 0 Å². The molecule has 2 aromatic heterocycles. The van der Waals surface area contributed by atoms with Crippen LogP contribution in [0.1, 0.15) is 36.4 Å². The van der Waals surface area contributed by atoms with Crippen LogP contribution < -0.4 is 9.64 Å². The van der Waals surface area contributed by atoms with Gasteiger partial charge < -0.3 is 19.6 Å². The lowest BCUT2D eigenvalue weighted by molar-refractivity contribution is 0.161. The molecule has 2 aromatic rings. The van der Waals surface area contributed by atoms with Crippen LogP contribution in [0.2, 0.25) is 5.15 Å². The van der Waals surface area contributed by atoms with Crippen molar-refractivity contribution in [2.24, 2.45) is 0 Å². The molecule has 6 nitrogen and oxygen atoms in total. The number of methoxy groups -OCH3 is 1. The smallest absolute Gasteiger partial charge is 0.149 e. The van der Waals surface area contributed by atoms with E-state index in [1.807, 2.05) is 6.07 Å². The maximum absolute atomic E-state index is 10.0. The molecule has 1 N–H and O–H groups in total. The second-order valence-corrected chi connectivity index (χ2v) is 11.3. The quantitative estimate of drug-likeness (QED) is 0.389. The molecule has 0 saturated carbocycles. The number of nitrogens with zero attached hydrogens (tertiary/aromatic N) is 4. The topological polar surface area (TPSA) is 61.7 Å². The summed E-state index contributed by atoms with van der Waals surface area (Å²) in [7, 11) is 3.19. The normalized spacial score (nSPS) is 26.1. The van der Waals surface area contributed by atoms with Gasteiger partial charge in [0.15, 0.2) is 0 Å². The Balaban J connectivity index is 1.55. The van der Waals surface area contributed by atoms with E-state index in [1.165, 1.54) is 11.1 Å². The fourth-order valence-electron chi connectivity index (χ4n) is 4.82. The number of halogens is 1. The number of thiol groups is 1. The third-order valence-corrected chi connectivity index (χ3v) is 9.25. The van der Waals surface area contributed by atoms with Gasteiger partial charge in [0.25, 0.3) is 0 Å². The number of aliphatic hydroxyl groups excluding tert-OH is 1. The molecule has 0 aromatic carbocycles. The van der Waals surface area contributed by atoms with Crippen molar-refractivity contribution in [1.82, 2.24) is 14.9 Å². The zero-order chi connectivity index (χ0) is 22.2. The molecule has 3 aliphatic rings. The molecule has 32 heavy (non-hydrogen) atoms. The van der Waals surface area contributed by atoms with Crippen molar-refractivity contribution in [3.63, 3.8) is 0 Å². The number of anilines is 1. The Bertz CT molecular complexity index is 1080. The van der Waals surface area contributed by atoms with Crippen molar-refractivity contribution in [2.45, 2.75) is 41.9 Å². The second kappa shape index (κ2) is 8.96. The van der Waals surface area contributed by atoms with Crippen LogP contribution in [0, 0.1) is 0 Å². The molecule has 3 atom stereocenters. The largest absolute Gasteiger partial charge is 0.494 e. The van der Waals surface area contributed by atoms with Crippen molar-refractivity contribution in [3.05, 3.63) is 64.9 Å². The van der Waals surface area contributed by atoms with Gasteiger partial charge in [-0.25, -0.2) is 20.9 Å². The molecular formula is C24H29ClN4O2S. The van der Waals surface area contributed by atoms with Crippen LogP contribution >= 0.6 is 22.5 Å². The van der Waals surface area contributed by atoms with Crippen LogP contribution in [0.5, 0.6) is 5.75 Å². The number of hydrogen-bond donors (Lipinski definition) is 2. The maximum Gasteiger partial charge on any atom is 0.149 e. The zero-order valence-corrected chi connectivity index (χ0v) is 20.1. The standard InChI is InChI=1S/C24H29ClN4O2S/c1-28-9-10-29(15-28)24-8-7-18-19(16-3-5-17(30)6-4-16)13-32(14-20(18)27-24)22-11-23(25)26-12-21(22)31-2/h3,7-12,17,19,30,32H,4-6,13-15H2,1-2H3. The van der Waals surface area contributed by atoms with Crippen LogP contribution in [-0.2, 0) is 5.75 Å².